The minimum absolute atomic E-state index is 0.0149. The fraction of sp³-hybridized carbons (Fsp3) is 0.450. The number of carbonyl (C=O) groups excluding carboxylic acids is 1. The molecule has 3 rings (SSSR count). The Kier molecular flexibility index (Phi) is 7.68. The van der Waals surface area contributed by atoms with E-state index in [1.165, 1.54) is 16.8 Å². The first-order valence-corrected chi connectivity index (χ1v) is 11.8. The maximum absolute atomic E-state index is 12.8. The van der Waals surface area contributed by atoms with E-state index in [1.54, 1.807) is 38.1 Å². The predicted molar refractivity (Wildman–Crippen MR) is 116 cm³/mol. The van der Waals surface area contributed by atoms with Crippen molar-refractivity contribution in [2.75, 3.05) is 18.7 Å². The molecular formula is C20H27N4O7P. The Balaban J connectivity index is 1.51. The summed E-state index contributed by atoms with van der Waals surface area (Å²) in [6, 6.07) is 7.40. The minimum Gasteiger partial charge on any atom is -0.462 e. The highest BCUT2D eigenvalue weighted by atomic mass is 31.2. The summed E-state index contributed by atoms with van der Waals surface area (Å²) >= 11 is 0. The van der Waals surface area contributed by atoms with Gasteiger partial charge in [-0.3, -0.25) is 13.9 Å². The molecule has 0 radical (unpaired) electrons. The molecule has 0 aliphatic carbocycles. The van der Waals surface area contributed by atoms with E-state index in [2.05, 4.69) is 4.98 Å². The van der Waals surface area contributed by atoms with E-state index in [-0.39, 0.29) is 31.4 Å². The minimum atomic E-state index is -3.52. The van der Waals surface area contributed by atoms with Gasteiger partial charge in [0.1, 0.15) is 23.7 Å². The highest BCUT2D eigenvalue weighted by molar-refractivity contribution is 7.54. The molecule has 1 aliphatic rings. The monoisotopic (exact) mass is 466 g/mol. The molecule has 3 atom stereocenters. The number of hydrogen-bond donors (Lipinski definition) is 2. The van der Waals surface area contributed by atoms with Gasteiger partial charge in [0.15, 0.2) is 6.35 Å². The molecule has 4 N–H and O–H groups in total. The maximum Gasteiger partial charge on any atom is 0.404 e. The van der Waals surface area contributed by atoms with Gasteiger partial charge in [-0.1, -0.05) is 12.1 Å². The number of anilines is 1. The molecule has 12 heteroatoms. The third-order valence-corrected chi connectivity index (χ3v) is 6.00. The SMILES string of the molecule is CC(C)OC(=O)[C@@H](N)Cc1ccc(O[P@]2(=O)CO[C@@H](Cn3ccc(N)nc3=O)CO2)cc1. The van der Waals surface area contributed by atoms with Crippen molar-refractivity contribution in [1.29, 1.82) is 0 Å². The Morgan fingerprint density at radius 1 is 1.31 bits per heavy atom. The van der Waals surface area contributed by atoms with Crippen LogP contribution in [0.2, 0.25) is 0 Å². The van der Waals surface area contributed by atoms with E-state index < -0.39 is 31.4 Å². The zero-order valence-corrected chi connectivity index (χ0v) is 18.8. The number of esters is 1. The molecule has 0 bridgehead atoms. The van der Waals surface area contributed by atoms with Crippen molar-refractivity contribution in [3.8, 4) is 5.75 Å². The van der Waals surface area contributed by atoms with E-state index in [4.69, 9.17) is 30.0 Å². The van der Waals surface area contributed by atoms with Crippen molar-refractivity contribution in [2.45, 2.75) is 45.1 Å². The van der Waals surface area contributed by atoms with Crippen LogP contribution in [0.25, 0.3) is 0 Å². The van der Waals surface area contributed by atoms with E-state index >= 15 is 0 Å². The molecule has 0 unspecified atom stereocenters. The average molecular weight is 466 g/mol. The van der Waals surface area contributed by atoms with Crippen LogP contribution in [0.1, 0.15) is 19.4 Å². The highest BCUT2D eigenvalue weighted by Gasteiger charge is 2.35. The molecule has 1 fully saturated rings. The quantitative estimate of drug-likeness (QED) is 0.429. The standard InChI is InChI=1S/C20H27N4O7P/c1-13(2)30-19(25)17(21)9-14-3-5-15(6-4-14)31-32(27)12-28-16(11-29-32)10-24-8-7-18(22)23-20(24)26/h3-8,13,16-17H,9-12,21H2,1-2H3,(H2,22,23,26)/t16-,17-,32-/m0/s1. The summed E-state index contributed by atoms with van der Waals surface area (Å²) < 4.78 is 35.8. The van der Waals surface area contributed by atoms with Crippen LogP contribution in [0, 0.1) is 0 Å². The molecule has 32 heavy (non-hydrogen) atoms. The molecule has 1 aliphatic heterocycles. The van der Waals surface area contributed by atoms with Crippen LogP contribution in [0.5, 0.6) is 5.75 Å². The second kappa shape index (κ2) is 10.3. The Morgan fingerprint density at radius 2 is 2.03 bits per heavy atom. The lowest BCUT2D eigenvalue weighted by Gasteiger charge is -2.29. The van der Waals surface area contributed by atoms with Gasteiger partial charge in [0.25, 0.3) is 0 Å². The topological polar surface area (TPSA) is 158 Å². The van der Waals surface area contributed by atoms with Gasteiger partial charge >= 0.3 is 19.3 Å². The summed E-state index contributed by atoms with van der Waals surface area (Å²) in [6.07, 6.45) is 0.822. The Labute approximate surface area is 185 Å². The van der Waals surface area contributed by atoms with Gasteiger partial charge in [-0.25, -0.2) is 9.36 Å². The molecule has 0 spiro atoms. The fourth-order valence-corrected chi connectivity index (χ4v) is 4.35. The predicted octanol–water partition coefficient (Wildman–Crippen LogP) is 1.29. The van der Waals surface area contributed by atoms with E-state index in [0.29, 0.717) is 12.2 Å². The lowest BCUT2D eigenvalue weighted by molar-refractivity contribution is -0.148. The first-order valence-electron chi connectivity index (χ1n) is 10.1. The normalized spacial score (nSPS) is 21.8. The number of benzene rings is 1. The summed E-state index contributed by atoms with van der Waals surface area (Å²) in [4.78, 5) is 27.3. The molecule has 0 amide bonds. The summed E-state index contributed by atoms with van der Waals surface area (Å²) in [5, 5.41) is 0. The fourth-order valence-electron chi connectivity index (χ4n) is 2.94. The van der Waals surface area contributed by atoms with Crippen LogP contribution in [-0.2, 0) is 36.3 Å². The molecule has 2 heterocycles. The smallest absolute Gasteiger partial charge is 0.404 e. The summed E-state index contributed by atoms with van der Waals surface area (Å²) in [5.74, 6) is -0.00559. The summed E-state index contributed by atoms with van der Waals surface area (Å²) in [6.45, 7) is 3.68. The Bertz CT molecular complexity index is 1030. The van der Waals surface area contributed by atoms with Crippen LogP contribution in [0.15, 0.2) is 41.3 Å². The number of nitrogens with two attached hydrogens (primary N) is 2. The van der Waals surface area contributed by atoms with Gasteiger partial charge in [-0.15, -0.1) is 0 Å². The number of nitrogens with zero attached hydrogens (tertiary/aromatic N) is 2. The first kappa shape index (κ1) is 23.9. The zero-order chi connectivity index (χ0) is 23.3. The first-order chi connectivity index (χ1) is 15.1. The summed E-state index contributed by atoms with van der Waals surface area (Å²) in [5.41, 5.74) is 11.6. The molecule has 2 aromatic rings. The Morgan fingerprint density at radius 3 is 2.62 bits per heavy atom. The molecule has 1 saturated heterocycles. The molecule has 1 aromatic carbocycles. The molecular weight excluding hydrogens is 439 g/mol. The van der Waals surface area contributed by atoms with Gasteiger partial charge in [-0.05, 0) is 44.0 Å². The van der Waals surface area contributed by atoms with E-state index in [9.17, 15) is 14.2 Å². The number of ether oxygens (including phenoxy) is 2. The van der Waals surface area contributed by atoms with Crippen molar-refractivity contribution in [2.24, 2.45) is 5.73 Å². The second-order valence-corrected chi connectivity index (χ2v) is 9.56. The van der Waals surface area contributed by atoms with Gasteiger partial charge in [0.2, 0.25) is 0 Å². The van der Waals surface area contributed by atoms with Crippen molar-refractivity contribution in [3.63, 3.8) is 0 Å². The lowest BCUT2D eigenvalue weighted by atomic mass is 10.1. The van der Waals surface area contributed by atoms with Crippen molar-refractivity contribution in [3.05, 3.63) is 52.6 Å². The molecule has 174 valence electrons. The number of aromatic nitrogens is 2. The van der Waals surface area contributed by atoms with Crippen LogP contribution >= 0.6 is 7.60 Å². The van der Waals surface area contributed by atoms with Crippen molar-refractivity contribution >= 4 is 19.4 Å². The van der Waals surface area contributed by atoms with E-state index in [1.807, 2.05) is 0 Å². The largest absolute Gasteiger partial charge is 0.462 e. The number of nitrogen functional groups attached to an aromatic ring is 1. The van der Waals surface area contributed by atoms with Crippen LogP contribution in [0.4, 0.5) is 5.82 Å². The highest BCUT2D eigenvalue weighted by Crippen LogP contribution is 2.50. The molecule has 1 aromatic heterocycles. The van der Waals surface area contributed by atoms with Crippen molar-refractivity contribution in [1.82, 2.24) is 9.55 Å². The van der Waals surface area contributed by atoms with Gasteiger partial charge in [-0.2, -0.15) is 4.98 Å². The van der Waals surface area contributed by atoms with Gasteiger partial charge < -0.3 is 25.5 Å². The van der Waals surface area contributed by atoms with Crippen LogP contribution in [0.3, 0.4) is 0 Å². The molecule has 11 nitrogen and oxygen atoms in total. The third kappa shape index (κ3) is 6.64. The number of hydrogen-bond acceptors (Lipinski definition) is 10. The van der Waals surface area contributed by atoms with Gasteiger partial charge in [0.05, 0.1) is 19.3 Å². The van der Waals surface area contributed by atoms with Crippen LogP contribution < -0.4 is 21.7 Å². The number of rotatable bonds is 8. The zero-order valence-electron chi connectivity index (χ0n) is 17.9. The third-order valence-electron chi connectivity index (χ3n) is 4.50. The maximum atomic E-state index is 12.8. The Hall–Kier alpha value is -2.72. The van der Waals surface area contributed by atoms with E-state index in [0.717, 1.165) is 5.56 Å². The van der Waals surface area contributed by atoms with Crippen LogP contribution in [-0.4, -0.2) is 46.7 Å². The lowest BCUT2D eigenvalue weighted by Crippen LogP contribution is -2.35. The van der Waals surface area contributed by atoms with Crippen molar-refractivity contribution < 1.29 is 27.9 Å². The number of carbonyl (C=O) groups is 1. The second-order valence-electron chi connectivity index (χ2n) is 7.64. The average Bonchev–Trinajstić information content (AvgIpc) is 2.72. The van der Waals surface area contributed by atoms with Gasteiger partial charge in [0, 0.05) is 6.20 Å². The molecule has 0 saturated carbocycles. The summed E-state index contributed by atoms with van der Waals surface area (Å²) in [7, 11) is -3.52.